The number of benzene rings is 6. The summed E-state index contributed by atoms with van der Waals surface area (Å²) in [6, 6.07) is 52.3. The molecule has 0 heterocycles. The van der Waals surface area contributed by atoms with Crippen molar-refractivity contribution in [3.8, 4) is 0 Å². The number of hydrogen-bond donors (Lipinski definition) is 0. The molecule has 0 aliphatic carbocycles. The van der Waals surface area contributed by atoms with Gasteiger partial charge in [0.15, 0.2) is 0 Å². The molecule has 0 unspecified atom stereocenters. The van der Waals surface area contributed by atoms with Crippen LogP contribution in [-0.4, -0.2) is 0 Å². The third-order valence-electron chi connectivity index (χ3n) is 7.16. The Morgan fingerprint density at radius 3 is 1.20 bits per heavy atom. The third kappa shape index (κ3) is 6.79. The summed E-state index contributed by atoms with van der Waals surface area (Å²) in [5, 5.41) is 10.6. The molecule has 0 bridgehead atoms. The van der Waals surface area contributed by atoms with Gasteiger partial charge in [0, 0.05) is 11.1 Å². The zero-order valence-corrected chi connectivity index (χ0v) is 25.3. The number of rotatable bonds is 8. The minimum Gasteiger partial charge on any atom is -0.151 e. The Morgan fingerprint density at radius 1 is 0.432 bits per heavy atom. The molecular weight excluding hydrogens is 579 g/mol. The van der Waals surface area contributed by atoms with Gasteiger partial charge in [-0.25, -0.2) is 0 Å². The van der Waals surface area contributed by atoms with Gasteiger partial charge < -0.3 is 0 Å². The van der Waals surface area contributed by atoms with Gasteiger partial charge >= 0.3 is 0 Å². The van der Waals surface area contributed by atoms with E-state index in [1.165, 1.54) is 0 Å². The van der Waals surface area contributed by atoms with E-state index in [0.29, 0.717) is 15.7 Å². The summed E-state index contributed by atoms with van der Waals surface area (Å²) in [5.41, 5.74) is 8.69. The second-order valence-electron chi connectivity index (χ2n) is 10.1. The maximum atomic E-state index is 7.16. The monoisotopic (exact) mass is 606 g/mol. The van der Waals surface area contributed by atoms with E-state index in [1.54, 1.807) is 0 Å². The molecule has 0 saturated carbocycles. The van der Waals surface area contributed by atoms with Crippen LogP contribution in [0, 0.1) is 0 Å². The van der Waals surface area contributed by atoms with Crippen LogP contribution in [0.2, 0.25) is 10.0 Å². The van der Waals surface area contributed by atoms with Gasteiger partial charge in [0.25, 0.3) is 0 Å². The average Bonchev–Trinajstić information content (AvgIpc) is 3.08. The highest BCUT2D eigenvalue weighted by molar-refractivity contribution is 6.38. The Morgan fingerprint density at radius 2 is 0.795 bits per heavy atom. The van der Waals surface area contributed by atoms with Crippen molar-refractivity contribution in [2.24, 2.45) is 10.2 Å². The van der Waals surface area contributed by atoms with Gasteiger partial charge in [-0.2, -0.15) is 5.11 Å². The van der Waals surface area contributed by atoms with Gasteiger partial charge in [0.1, 0.15) is 5.69 Å². The van der Waals surface area contributed by atoms with Gasteiger partial charge in [-0.05, 0) is 63.8 Å². The van der Waals surface area contributed by atoms with E-state index in [9.17, 15) is 0 Å². The fraction of sp³-hybridized carbons (Fsp3) is 0. The van der Waals surface area contributed by atoms with Gasteiger partial charge in [0.05, 0.1) is 15.7 Å². The average molecular weight is 608 g/mol. The lowest BCUT2D eigenvalue weighted by molar-refractivity contribution is 1.22. The molecule has 0 amide bonds. The lowest BCUT2D eigenvalue weighted by atomic mass is 9.88. The number of nitrogens with zero attached hydrogens (tertiary/aromatic N) is 2. The highest BCUT2D eigenvalue weighted by atomic mass is 35.5. The molecule has 4 heteroatoms. The van der Waals surface area contributed by atoms with Crippen LogP contribution in [0.1, 0.15) is 33.4 Å². The van der Waals surface area contributed by atoms with Gasteiger partial charge in [0.2, 0.25) is 0 Å². The topological polar surface area (TPSA) is 24.7 Å². The van der Waals surface area contributed by atoms with Crippen molar-refractivity contribution in [3.63, 3.8) is 0 Å². The first-order valence-corrected chi connectivity index (χ1v) is 15.1. The predicted octanol–water partition coefficient (Wildman–Crippen LogP) is 12.6. The summed E-state index contributed by atoms with van der Waals surface area (Å²) in [7, 11) is 0. The summed E-state index contributed by atoms with van der Waals surface area (Å²) in [6.07, 6.45) is 4.28. The molecule has 0 saturated heterocycles. The van der Waals surface area contributed by atoms with Crippen LogP contribution in [0.15, 0.2) is 168 Å². The van der Waals surface area contributed by atoms with E-state index in [1.807, 2.05) is 109 Å². The largest absolute Gasteiger partial charge is 0.151 e. The van der Waals surface area contributed by atoms with E-state index in [4.69, 9.17) is 33.4 Å². The second kappa shape index (κ2) is 14.0. The smallest absolute Gasteiger partial charge is 0.104 e. The third-order valence-corrected chi connectivity index (χ3v) is 7.75. The first-order chi connectivity index (χ1) is 21.7. The summed E-state index contributed by atoms with van der Waals surface area (Å²) >= 11 is 14.3. The minimum absolute atomic E-state index is 0.485. The molecule has 6 rings (SSSR count). The van der Waals surface area contributed by atoms with Crippen molar-refractivity contribution >= 4 is 57.9 Å². The maximum absolute atomic E-state index is 7.16. The van der Waals surface area contributed by atoms with Crippen LogP contribution in [0.25, 0.3) is 23.3 Å². The van der Waals surface area contributed by atoms with Crippen LogP contribution in [0.5, 0.6) is 0 Å². The van der Waals surface area contributed by atoms with E-state index < -0.39 is 0 Å². The molecule has 2 nitrogen and oxygen atoms in total. The molecule has 0 aliphatic rings. The van der Waals surface area contributed by atoms with Crippen LogP contribution < -0.4 is 0 Å². The summed E-state index contributed by atoms with van der Waals surface area (Å²) in [6.45, 7) is 0. The van der Waals surface area contributed by atoms with Gasteiger partial charge in [-0.1, -0.05) is 163 Å². The molecule has 6 aromatic rings. The highest BCUT2D eigenvalue weighted by Crippen LogP contribution is 2.48. The molecule has 0 aromatic heterocycles. The fourth-order valence-corrected chi connectivity index (χ4v) is 5.75. The Bertz CT molecular complexity index is 1820. The lowest BCUT2D eigenvalue weighted by Gasteiger charge is -2.20. The van der Waals surface area contributed by atoms with E-state index in [0.717, 1.165) is 50.2 Å². The molecule has 212 valence electrons. The summed E-state index contributed by atoms with van der Waals surface area (Å²) in [4.78, 5) is 0. The van der Waals surface area contributed by atoms with Crippen molar-refractivity contribution in [2.75, 3.05) is 0 Å². The zero-order chi connectivity index (χ0) is 30.1. The summed E-state index contributed by atoms with van der Waals surface area (Å²) < 4.78 is 0. The van der Waals surface area contributed by atoms with Crippen LogP contribution in [-0.2, 0) is 0 Å². The molecule has 0 fully saturated rings. The summed E-state index contributed by atoms with van der Waals surface area (Å²) in [5.74, 6) is 0. The Labute approximate surface area is 268 Å². The number of halogens is 2. The van der Waals surface area contributed by atoms with Crippen LogP contribution in [0.4, 0.5) is 11.4 Å². The van der Waals surface area contributed by atoms with E-state index >= 15 is 0 Å². The molecule has 44 heavy (non-hydrogen) atoms. The molecule has 0 spiro atoms. The molecule has 6 aromatic carbocycles. The Balaban J connectivity index is 1.71. The lowest BCUT2D eigenvalue weighted by Crippen LogP contribution is -1.98. The minimum atomic E-state index is 0.485. The molecule has 0 atom stereocenters. The number of hydrogen-bond acceptors (Lipinski definition) is 2. The first-order valence-electron chi connectivity index (χ1n) is 14.3. The van der Waals surface area contributed by atoms with Crippen LogP contribution in [0.3, 0.4) is 0 Å². The van der Waals surface area contributed by atoms with Crippen molar-refractivity contribution < 1.29 is 0 Å². The van der Waals surface area contributed by atoms with Crippen molar-refractivity contribution in [3.05, 3.63) is 201 Å². The van der Waals surface area contributed by atoms with Crippen molar-refractivity contribution in [1.29, 1.82) is 0 Å². The zero-order valence-electron chi connectivity index (χ0n) is 23.8. The highest BCUT2D eigenvalue weighted by Gasteiger charge is 2.24. The standard InChI is InChI=1S/C40H28Cl2N2/c41-36-28-37(42)39(35(32-22-12-4-13-23-32)27-30-18-8-2-9-19-30)40(44-43-33-24-14-5-15-25-33)38(36)34(31-20-10-3-11-21-31)26-29-16-6-1-7-17-29/h1-28H/b34-26-,35-27-,44-43?. The Hall–Kier alpha value is -5.02. The molecule has 0 radical (unpaired) electrons. The SMILES string of the molecule is Clc1cc(Cl)c(/C(=C\c2ccccc2)c2ccccc2)c(N=Nc2ccccc2)c1/C(=C\c1ccccc1)c1ccccc1. The number of azo groups is 1. The van der Waals surface area contributed by atoms with Gasteiger partial charge in [-0.15, -0.1) is 5.11 Å². The van der Waals surface area contributed by atoms with E-state index in [2.05, 4.69) is 60.7 Å². The maximum Gasteiger partial charge on any atom is 0.104 e. The van der Waals surface area contributed by atoms with E-state index in [-0.39, 0.29) is 0 Å². The van der Waals surface area contributed by atoms with Crippen molar-refractivity contribution in [1.82, 2.24) is 0 Å². The molecular formula is C40H28Cl2N2. The fourth-order valence-electron chi connectivity index (χ4n) is 5.09. The first kappa shape index (κ1) is 29.1. The van der Waals surface area contributed by atoms with Crippen LogP contribution >= 0.6 is 23.2 Å². The van der Waals surface area contributed by atoms with Crippen molar-refractivity contribution in [2.45, 2.75) is 0 Å². The quantitative estimate of drug-likeness (QED) is 0.121. The molecule has 0 N–H and O–H groups in total. The van der Waals surface area contributed by atoms with Gasteiger partial charge in [-0.3, -0.25) is 0 Å². The normalized spacial score (nSPS) is 12.0. The molecule has 0 aliphatic heterocycles. The predicted molar refractivity (Wildman–Crippen MR) is 187 cm³/mol. The second-order valence-corrected chi connectivity index (χ2v) is 11.0. The Kier molecular flexibility index (Phi) is 9.23.